The van der Waals surface area contributed by atoms with Gasteiger partial charge in [0, 0.05) is 26.1 Å². The molecule has 2 heterocycles. The molecule has 1 atom stereocenters. The van der Waals surface area contributed by atoms with Gasteiger partial charge in [-0.1, -0.05) is 5.16 Å². The lowest BCUT2D eigenvalue weighted by atomic mass is 10.00. The van der Waals surface area contributed by atoms with Crippen molar-refractivity contribution in [1.29, 1.82) is 5.26 Å². The van der Waals surface area contributed by atoms with Crippen LogP contribution in [0.1, 0.15) is 43.8 Å². The largest absolute Gasteiger partial charge is 0.340 e. The molecule has 1 aromatic rings. The smallest absolute Gasteiger partial charge is 0.235 e. The van der Waals surface area contributed by atoms with Gasteiger partial charge < -0.3 is 9.84 Å². The molecule has 1 saturated heterocycles. The van der Waals surface area contributed by atoms with Crippen molar-refractivity contribution in [2.45, 2.75) is 57.2 Å². The van der Waals surface area contributed by atoms with E-state index in [1.54, 1.807) is 6.92 Å². The Kier molecular flexibility index (Phi) is 5.35. The van der Waals surface area contributed by atoms with Crippen LogP contribution >= 0.6 is 0 Å². The number of rotatable bonds is 6. The molecule has 3 rings (SSSR count). The molecule has 1 saturated carbocycles. The summed E-state index contributed by atoms with van der Waals surface area (Å²) in [7, 11) is 2.04. The topological polar surface area (TPSA) is 98.3 Å². The lowest BCUT2D eigenvalue weighted by molar-refractivity contribution is -0.123. The van der Waals surface area contributed by atoms with E-state index < -0.39 is 5.54 Å². The average Bonchev–Trinajstić information content (AvgIpc) is 3.30. The number of nitrogens with zero attached hydrogens (tertiary/aromatic N) is 5. The zero-order valence-electron chi connectivity index (χ0n) is 15.0. The number of likely N-dealkylation sites (tertiary alicyclic amines) is 1. The summed E-state index contributed by atoms with van der Waals surface area (Å²) in [5, 5.41) is 16.3. The summed E-state index contributed by atoms with van der Waals surface area (Å²) in [5.41, 5.74) is -0.635. The van der Waals surface area contributed by atoms with Gasteiger partial charge >= 0.3 is 0 Å². The molecule has 0 aromatic carbocycles. The van der Waals surface area contributed by atoms with Crippen molar-refractivity contribution in [1.82, 2.24) is 25.3 Å². The third-order valence-electron chi connectivity index (χ3n) is 5.25. The molecule has 0 radical (unpaired) electrons. The van der Waals surface area contributed by atoms with Gasteiger partial charge in [-0.05, 0) is 39.2 Å². The van der Waals surface area contributed by atoms with Crippen LogP contribution in [0.2, 0.25) is 0 Å². The van der Waals surface area contributed by atoms with Crippen LogP contribution in [0.3, 0.4) is 0 Å². The molecular formula is C17H26N6O2. The van der Waals surface area contributed by atoms with Crippen LogP contribution in [-0.4, -0.2) is 64.1 Å². The van der Waals surface area contributed by atoms with Gasteiger partial charge in [0.1, 0.15) is 5.54 Å². The van der Waals surface area contributed by atoms with Crippen LogP contribution in [0.4, 0.5) is 0 Å². The molecular weight excluding hydrogens is 320 g/mol. The minimum absolute atomic E-state index is 0.0412. The van der Waals surface area contributed by atoms with Crippen molar-refractivity contribution in [3.8, 4) is 6.07 Å². The summed E-state index contributed by atoms with van der Waals surface area (Å²) < 4.78 is 5.01. The molecule has 1 aliphatic carbocycles. The third-order valence-corrected chi connectivity index (χ3v) is 5.25. The number of carbonyl (C=O) groups excluding carboxylic acids is 1. The molecule has 0 spiro atoms. The maximum absolute atomic E-state index is 12.3. The fourth-order valence-electron chi connectivity index (χ4n) is 3.83. The molecule has 1 amide bonds. The van der Waals surface area contributed by atoms with E-state index in [0.717, 1.165) is 45.2 Å². The van der Waals surface area contributed by atoms with Gasteiger partial charge in [0.15, 0.2) is 5.82 Å². The Labute approximate surface area is 148 Å². The zero-order valence-corrected chi connectivity index (χ0v) is 15.0. The monoisotopic (exact) mass is 346 g/mol. The van der Waals surface area contributed by atoms with Crippen molar-refractivity contribution in [3.63, 3.8) is 0 Å². The fraction of sp³-hybridized carbons (Fsp3) is 0.765. The first-order valence-electron chi connectivity index (χ1n) is 8.94. The number of likely N-dealkylation sites (N-methyl/N-ethyl adjacent to an activating group) is 1. The van der Waals surface area contributed by atoms with Gasteiger partial charge in [0.05, 0.1) is 19.2 Å². The summed E-state index contributed by atoms with van der Waals surface area (Å²) in [6.07, 6.45) is 4.57. The van der Waals surface area contributed by atoms with E-state index in [1.165, 1.54) is 0 Å². The van der Waals surface area contributed by atoms with Crippen molar-refractivity contribution in [3.05, 3.63) is 11.7 Å². The predicted molar refractivity (Wildman–Crippen MR) is 90.3 cm³/mol. The van der Waals surface area contributed by atoms with Crippen LogP contribution < -0.4 is 5.32 Å². The molecule has 1 aromatic heterocycles. The van der Waals surface area contributed by atoms with Crippen molar-refractivity contribution in [2.24, 2.45) is 0 Å². The van der Waals surface area contributed by atoms with Gasteiger partial charge in [0.2, 0.25) is 11.8 Å². The first-order valence-corrected chi connectivity index (χ1v) is 8.94. The number of aromatic nitrogens is 2. The summed E-state index contributed by atoms with van der Waals surface area (Å²) in [4.78, 5) is 20.9. The van der Waals surface area contributed by atoms with E-state index in [-0.39, 0.29) is 5.91 Å². The SMILES string of the molecule is Cc1nc(CN(C)C2CCN(CC(=O)NC3(C#N)CCCC3)C2)no1. The second-order valence-corrected chi connectivity index (χ2v) is 7.27. The van der Waals surface area contributed by atoms with Gasteiger partial charge in [-0.2, -0.15) is 10.2 Å². The summed E-state index contributed by atoms with van der Waals surface area (Å²) in [6, 6.07) is 2.67. The second-order valence-electron chi connectivity index (χ2n) is 7.27. The van der Waals surface area contributed by atoms with Crippen LogP contribution in [-0.2, 0) is 11.3 Å². The quantitative estimate of drug-likeness (QED) is 0.815. The molecule has 8 heteroatoms. The predicted octanol–water partition coefficient (Wildman–Crippen LogP) is 0.837. The van der Waals surface area contributed by atoms with Gasteiger partial charge in [-0.3, -0.25) is 14.6 Å². The molecule has 8 nitrogen and oxygen atoms in total. The minimum atomic E-state index is -0.635. The van der Waals surface area contributed by atoms with Crippen LogP contribution in [0.15, 0.2) is 4.52 Å². The van der Waals surface area contributed by atoms with E-state index in [0.29, 0.717) is 30.8 Å². The maximum Gasteiger partial charge on any atom is 0.235 e. The normalized spacial score (nSPS) is 23.0. The molecule has 25 heavy (non-hydrogen) atoms. The second kappa shape index (κ2) is 7.50. The summed E-state index contributed by atoms with van der Waals surface area (Å²) in [6.45, 7) is 4.49. The Morgan fingerprint density at radius 3 is 2.92 bits per heavy atom. The standard InChI is InChI=1S/C17H26N6O2/c1-13-19-15(21-25-13)10-22(2)14-5-8-23(9-14)11-16(24)20-17(12-18)6-3-4-7-17/h14H,3-11H2,1-2H3,(H,20,24). The first kappa shape index (κ1) is 17.8. The number of aryl methyl sites for hydroxylation is 1. The lowest BCUT2D eigenvalue weighted by Gasteiger charge is -2.25. The van der Waals surface area contributed by atoms with E-state index >= 15 is 0 Å². The highest BCUT2D eigenvalue weighted by Crippen LogP contribution is 2.28. The minimum Gasteiger partial charge on any atom is -0.340 e. The molecule has 2 aliphatic rings. The lowest BCUT2D eigenvalue weighted by Crippen LogP contribution is -2.49. The van der Waals surface area contributed by atoms with E-state index in [9.17, 15) is 10.1 Å². The molecule has 136 valence electrons. The Morgan fingerprint density at radius 1 is 1.52 bits per heavy atom. The number of amides is 1. The Bertz CT molecular complexity index is 646. The van der Waals surface area contributed by atoms with Crippen LogP contribution in [0.25, 0.3) is 0 Å². The number of carbonyl (C=O) groups is 1. The van der Waals surface area contributed by atoms with Crippen LogP contribution in [0.5, 0.6) is 0 Å². The van der Waals surface area contributed by atoms with Gasteiger partial charge in [-0.15, -0.1) is 0 Å². The van der Waals surface area contributed by atoms with E-state index in [4.69, 9.17) is 4.52 Å². The van der Waals surface area contributed by atoms with Gasteiger partial charge in [0.25, 0.3) is 0 Å². The highest BCUT2D eigenvalue weighted by Gasteiger charge is 2.36. The maximum atomic E-state index is 12.3. The Hall–Kier alpha value is -1.98. The highest BCUT2D eigenvalue weighted by molar-refractivity contribution is 5.79. The molecule has 0 bridgehead atoms. The van der Waals surface area contributed by atoms with Crippen LogP contribution in [0, 0.1) is 18.3 Å². The number of nitriles is 1. The molecule has 1 aliphatic heterocycles. The zero-order chi connectivity index (χ0) is 17.9. The van der Waals surface area contributed by atoms with Gasteiger partial charge in [-0.25, -0.2) is 0 Å². The van der Waals surface area contributed by atoms with Crippen molar-refractivity contribution >= 4 is 5.91 Å². The summed E-state index contributed by atoms with van der Waals surface area (Å²) in [5.74, 6) is 1.22. The number of nitrogens with one attached hydrogen (secondary N) is 1. The molecule has 2 fully saturated rings. The average molecular weight is 346 g/mol. The third kappa shape index (κ3) is 4.35. The Balaban J connectivity index is 1.46. The molecule has 1 unspecified atom stereocenters. The van der Waals surface area contributed by atoms with E-state index in [1.807, 2.05) is 7.05 Å². The highest BCUT2D eigenvalue weighted by atomic mass is 16.5. The van der Waals surface area contributed by atoms with E-state index in [2.05, 4.69) is 31.3 Å². The summed E-state index contributed by atoms with van der Waals surface area (Å²) >= 11 is 0. The fourth-order valence-corrected chi connectivity index (χ4v) is 3.83. The van der Waals surface area contributed by atoms with Crippen molar-refractivity contribution in [2.75, 3.05) is 26.7 Å². The number of hydrogen-bond donors (Lipinski definition) is 1. The molecule has 1 N–H and O–H groups in total. The van der Waals surface area contributed by atoms with Crippen molar-refractivity contribution < 1.29 is 9.32 Å². The Morgan fingerprint density at radius 2 is 2.28 bits per heavy atom. The first-order chi connectivity index (χ1) is 12.0. The number of hydrogen-bond acceptors (Lipinski definition) is 7.